The van der Waals surface area contributed by atoms with Gasteiger partial charge in [0.05, 0.1) is 0 Å². The van der Waals surface area contributed by atoms with Crippen LogP contribution in [0.2, 0.25) is 0 Å². The van der Waals surface area contributed by atoms with Gasteiger partial charge in [0.1, 0.15) is 18.2 Å². The standard InChI is InChI=1S/C17H16FNO3/c18-15-3-1-2-12(8-15)11-22-16-5-4-13-6-7-19(17(20)21)10-14(13)9-16/h1-5,8-9H,6-7,10-11H2,(H,20,21). The largest absolute Gasteiger partial charge is 0.489 e. The van der Waals surface area contributed by atoms with Crippen LogP contribution in [0.4, 0.5) is 9.18 Å². The topological polar surface area (TPSA) is 49.8 Å². The molecule has 3 rings (SSSR count). The van der Waals surface area contributed by atoms with Crippen molar-refractivity contribution >= 4 is 6.09 Å². The van der Waals surface area contributed by atoms with E-state index in [0.717, 1.165) is 16.7 Å². The average Bonchev–Trinajstić information content (AvgIpc) is 2.52. The number of halogens is 1. The lowest BCUT2D eigenvalue weighted by Gasteiger charge is -2.26. The van der Waals surface area contributed by atoms with Crippen molar-refractivity contribution in [2.75, 3.05) is 6.54 Å². The Balaban J connectivity index is 1.71. The maximum atomic E-state index is 13.1. The average molecular weight is 301 g/mol. The van der Waals surface area contributed by atoms with Gasteiger partial charge in [-0.15, -0.1) is 0 Å². The molecule has 0 spiro atoms. The lowest BCUT2D eigenvalue weighted by Crippen LogP contribution is -2.34. The summed E-state index contributed by atoms with van der Waals surface area (Å²) in [6.45, 7) is 1.17. The molecule has 1 heterocycles. The number of nitrogens with zero attached hydrogens (tertiary/aromatic N) is 1. The van der Waals surface area contributed by atoms with Crippen LogP contribution in [0.5, 0.6) is 5.75 Å². The number of fused-ring (bicyclic) bond motifs is 1. The lowest BCUT2D eigenvalue weighted by atomic mass is 10.00. The maximum Gasteiger partial charge on any atom is 0.407 e. The molecule has 0 unspecified atom stereocenters. The first-order chi connectivity index (χ1) is 10.6. The third-order valence-electron chi connectivity index (χ3n) is 3.76. The smallest absolute Gasteiger partial charge is 0.407 e. The zero-order valence-corrected chi connectivity index (χ0v) is 12.0. The SMILES string of the molecule is O=C(O)N1CCc2ccc(OCc3cccc(F)c3)cc2C1. The highest BCUT2D eigenvalue weighted by Crippen LogP contribution is 2.24. The van der Waals surface area contributed by atoms with Crippen molar-refractivity contribution in [1.82, 2.24) is 4.90 Å². The second kappa shape index (κ2) is 6.05. The Morgan fingerprint density at radius 2 is 2.09 bits per heavy atom. The van der Waals surface area contributed by atoms with Gasteiger partial charge >= 0.3 is 6.09 Å². The molecule has 2 aromatic rings. The number of hydrogen-bond donors (Lipinski definition) is 1. The zero-order chi connectivity index (χ0) is 15.5. The van der Waals surface area contributed by atoms with Gasteiger partial charge in [-0.1, -0.05) is 18.2 Å². The van der Waals surface area contributed by atoms with Crippen molar-refractivity contribution in [3.05, 3.63) is 65.0 Å². The molecule has 0 fully saturated rings. The summed E-state index contributed by atoms with van der Waals surface area (Å²) in [5.74, 6) is 0.374. The van der Waals surface area contributed by atoms with Gasteiger partial charge in [0.25, 0.3) is 0 Å². The lowest BCUT2D eigenvalue weighted by molar-refractivity contribution is 0.140. The van der Waals surface area contributed by atoms with Gasteiger partial charge in [-0.05, 0) is 47.4 Å². The van der Waals surface area contributed by atoms with Gasteiger partial charge in [0, 0.05) is 13.1 Å². The summed E-state index contributed by atoms with van der Waals surface area (Å²) >= 11 is 0. The first-order valence-corrected chi connectivity index (χ1v) is 7.09. The highest BCUT2D eigenvalue weighted by Gasteiger charge is 2.20. The van der Waals surface area contributed by atoms with Crippen LogP contribution in [-0.4, -0.2) is 22.6 Å². The normalized spacial score (nSPS) is 13.6. The number of amides is 1. The number of benzene rings is 2. The van der Waals surface area contributed by atoms with Gasteiger partial charge < -0.3 is 14.7 Å². The van der Waals surface area contributed by atoms with E-state index < -0.39 is 6.09 Å². The quantitative estimate of drug-likeness (QED) is 0.944. The summed E-state index contributed by atoms with van der Waals surface area (Å²) in [7, 11) is 0. The van der Waals surface area contributed by atoms with Crippen LogP contribution >= 0.6 is 0 Å². The molecule has 1 aliphatic heterocycles. The monoisotopic (exact) mass is 301 g/mol. The predicted molar refractivity (Wildman–Crippen MR) is 79.3 cm³/mol. The molecule has 4 nitrogen and oxygen atoms in total. The van der Waals surface area contributed by atoms with Crippen molar-refractivity contribution < 1.29 is 19.0 Å². The highest BCUT2D eigenvalue weighted by atomic mass is 19.1. The second-order valence-corrected chi connectivity index (χ2v) is 5.30. The van der Waals surface area contributed by atoms with Gasteiger partial charge in [0.15, 0.2) is 0 Å². The first-order valence-electron chi connectivity index (χ1n) is 7.09. The number of hydrogen-bond acceptors (Lipinski definition) is 2. The number of rotatable bonds is 3. The summed E-state index contributed by atoms with van der Waals surface area (Å²) in [5.41, 5.74) is 2.87. The molecular formula is C17H16FNO3. The van der Waals surface area contributed by atoms with E-state index in [1.54, 1.807) is 12.1 Å². The Labute approximate surface area is 127 Å². The molecule has 0 saturated heterocycles. The van der Waals surface area contributed by atoms with Crippen molar-refractivity contribution in [2.45, 2.75) is 19.6 Å². The molecule has 22 heavy (non-hydrogen) atoms. The Kier molecular flexibility index (Phi) is 3.96. The fourth-order valence-corrected chi connectivity index (χ4v) is 2.58. The first kappa shape index (κ1) is 14.4. The van der Waals surface area contributed by atoms with E-state index >= 15 is 0 Å². The van der Waals surface area contributed by atoms with E-state index in [4.69, 9.17) is 9.84 Å². The third-order valence-corrected chi connectivity index (χ3v) is 3.76. The fraction of sp³-hybridized carbons (Fsp3) is 0.235. The molecule has 0 atom stereocenters. The number of carboxylic acid groups (broad SMARTS) is 1. The molecule has 0 saturated carbocycles. The summed E-state index contributed by atoms with van der Waals surface area (Å²) in [6.07, 6.45) is -0.192. The van der Waals surface area contributed by atoms with Crippen LogP contribution in [0.15, 0.2) is 42.5 Å². The highest BCUT2D eigenvalue weighted by molar-refractivity contribution is 5.65. The molecule has 0 aromatic heterocycles. The van der Waals surface area contributed by atoms with Crippen molar-refractivity contribution in [3.63, 3.8) is 0 Å². The van der Waals surface area contributed by atoms with Crippen LogP contribution < -0.4 is 4.74 Å². The molecule has 5 heteroatoms. The van der Waals surface area contributed by atoms with Crippen LogP contribution in [0.25, 0.3) is 0 Å². The zero-order valence-electron chi connectivity index (χ0n) is 12.0. The van der Waals surface area contributed by atoms with E-state index in [9.17, 15) is 9.18 Å². The van der Waals surface area contributed by atoms with E-state index in [2.05, 4.69) is 0 Å². The van der Waals surface area contributed by atoms with Gasteiger partial charge in [-0.25, -0.2) is 9.18 Å². The van der Waals surface area contributed by atoms with Crippen molar-refractivity contribution in [1.29, 1.82) is 0 Å². The molecule has 0 aliphatic carbocycles. The second-order valence-electron chi connectivity index (χ2n) is 5.30. The van der Waals surface area contributed by atoms with E-state index in [1.807, 2.05) is 18.2 Å². The van der Waals surface area contributed by atoms with E-state index in [0.29, 0.717) is 25.3 Å². The predicted octanol–water partition coefficient (Wildman–Crippen LogP) is 3.44. The van der Waals surface area contributed by atoms with E-state index in [-0.39, 0.29) is 12.4 Å². The van der Waals surface area contributed by atoms with Crippen molar-refractivity contribution in [3.8, 4) is 5.75 Å². The van der Waals surface area contributed by atoms with Gasteiger partial charge in [0.2, 0.25) is 0 Å². The minimum Gasteiger partial charge on any atom is -0.489 e. The summed E-state index contributed by atoms with van der Waals surface area (Å²) in [5, 5.41) is 9.07. The molecular weight excluding hydrogens is 285 g/mol. The molecule has 0 radical (unpaired) electrons. The Bertz CT molecular complexity index is 702. The summed E-state index contributed by atoms with van der Waals surface area (Å²) in [4.78, 5) is 12.4. The molecule has 0 bridgehead atoms. The molecule has 2 aromatic carbocycles. The Hall–Kier alpha value is -2.56. The maximum absolute atomic E-state index is 13.1. The van der Waals surface area contributed by atoms with E-state index in [1.165, 1.54) is 17.0 Å². The third kappa shape index (κ3) is 3.19. The van der Waals surface area contributed by atoms with Gasteiger partial charge in [-0.3, -0.25) is 0 Å². The minimum atomic E-state index is -0.906. The molecule has 1 aliphatic rings. The van der Waals surface area contributed by atoms with Crippen LogP contribution in [0.1, 0.15) is 16.7 Å². The summed E-state index contributed by atoms with van der Waals surface area (Å²) in [6, 6.07) is 12.0. The Morgan fingerprint density at radius 3 is 2.86 bits per heavy atom. The van der Waals surface area contributed by atoms with Crippen LogP contribution in [0, 0.1) is 5.82 Å². The molecule has 114 valence electrons. The number of ether oxygens (including phenoxy) is 1. The van der Waals surface area contributed by atoms with Crippen LogP contribution in [-0.2, 0) is 19.6 Å². The summed E-state index contributed by atoms with van der Waals surface area (Å²) < 4.78 is 18.8. The Morgan fingerprint density at radius 1 is 1.23 bits per heavy atom. The molecule has 1 N–H and O–H groups in total. The van der Waals surface area contributed by atoms with Crippen LogP contribution in [0.3, 0.4) is 0 Å². The fourth-order valence-electron chi connectivity index (χ4n) is 2.58. The van der Waals surface area contributed by atoms with Crippen molar-refractivity contribution in [2.24, 2.45) is 0 Å². The minimum absolute atomic E-state index is 0.277. The molecule has 1 amide bonds. The number of carbonyl (C=O) groups is 1. The van der Waals surface area contributed by atoms with Gasteiger partial charge in [-0.2, -0.15) is 0 Å².